The summed E-state index contributed by atoms with van der Waals surface area (Å²) in [5.74, 6) is 0.817. The normalized spacial score (nSPS) is 24.2. The average molecular weight is 291 g/mol. The Morgan fingerprint density at radius 1 is 1.43 bits per heavy atom. The lowest BCUT2D eigenvalue weighted by Gasteiger charge is -2.20. The Labute approximate surface area is 124 Å². The van der Waals surface area contributed by atoms with Gasteiger partial charge in [-0.05, 0) is 43.5 Å². The summed E-state index contributed by atoms with van der Waals surface area (Å²) in [6.07, 6.45) is 1.91. The molecule has 0 radical (unpaired) electrons. The molecule has 2 atom stereocenters. The molecule has 2 aliphatic heterocycles. The van der Waals surface area contributed by atoms with Crippen LogP contribution >= 0.6 is 0 Å². The highest BCUT2D eigenvalue weighted by Gasteiger charge is 2.30. The quantitative estimate of drug-likeness (QED) is 0.914. The van der Waals surface area contributed by atoms with Crippen LogP contribution in [-0.2, 0) is 15.9 Å². The van der Waals surface area contributed by atoms with Crippen molar-refractivity contribution in [3.8, 4) is 5.75 Å². The van der Waals surface area contributed by atoms with E-state index in [1.165, 1.54) is 0 Å². The first-order valence-corrected chi connectivity index (χ1v) is 7.54. The molecular weight excluding hydrogens is 270 g/mol. The van der Waals surface area contributed by atoms with Crippen molar-refractivity contribution in [2.75, 3.05) is 26.4 Å². The molecule has 1 aromatic carbocycles. The van der Waals surface area contributed by atoms with Crippen LogP contribution in [0.4, 0.5) is 0 Å². The lowest BCUT2D eigenvalue weighted by Crippen LogP contribution is -2.43. The number of hydrogen-bond acceptors (Lipinski definition) is 4. The first-order valence-electron chi connectivity index (χ1n) is 7.54. The fourth-order valence-electron chi connectivity index (χ4n) is 2.80. The third-order valence-electron chi connectivity index (χ3n) is 3.90. The van der Waals surface area contributed by atoms with Crippen molar-refractivity contribution in [1.29, 1.82) is 0 Å². The van der Waals surface area contributed by atoms with Gasteiger partial charge in [0.25, 0.3) is 5.91 Å². The topological polar surface area (TPSA) is 56.8 Å². The molecular formula is C16H21NO4. The summed E-state index contributed by atoms with van der Waals surface area (Å²) in [6, 6.07) is 5.54. The van der Waals surface area contributed by atoms with Crippen molar-refractivity contribution >= 4 is 5.91 Å². The van der Waals surface area contributed by atoms with E-state index >= 15 is 0 Å². The van der Waals surface area contributed by atoms with E-state index in [9.17, 15) is 4.79 Å². The van der Waals surface area contributed by atoms with Gasteiger partial charge >= 0.3 is 0 Å². The Balaban J connectivity index is 1.67. The maximum absolute atomic E-state index is 12.4. The molecule has 21 heavy (non-hydrogen) atoms. The number of rotatable bonds is 4. The van der Waals surface area contributed by atoms with Crippen LogP contribution in [0.1, 0.15) is 29.3 Å². The van der Waals surface area contributed by atoms with Crippen LogP contribution < -0.4 is 10.1 Å². The standard InChI is InChI=1S/C16H21NO4/c1-2-20-15-10-19-9-13(15)17-16(18)12-5-6-14-11(8-12)4-3-7-21-14/h5-6,8,13,15H,2-4,7,9-10H2,1H3,(H,17,18)/t13-,15-/m0/s1. The van der Waals surface area contributed by atoms with Gasteiger partial charge in [-0.1, -0.05) is 0 Å². The summed E-state index contributed by atoms with van der Waals surface area (Å²) < 4.78 is 16.5. The molecule has 0 bridgehead atoms. The fraction of sp³-hybridized carbons (Fsp3) is 0.562. The van der Waals surface area contributed by atoms with Crippen LogP contribution in [0.2, 0.25) is 0 Å². The van der Waals surface area contributed by atoms with Crippen LogP contribution in [-0.4, -0.2) is 44.5 Å². The van der Waals surface area contributed by atoms with Crippen LogP contribution in [0.25, 0.3) is 0 Å². The first-order chi connectivity index (χ1) is 10.3. The second kappa shape index (κ2) is 6.45. The zero-order valence-corrected chi connectivity index (χ0v) is 12.3. The molecule has 2 aliphatic rings. The number of fused-ring (bicyclic) bond motifs is 1. The predicted molar refractivity (Wildman–Crippen MR) is 77.7 cm³/mol. The molecule has 5 nitrogen and oxygen atoms in total. The van der Waals surface area contributed by atoms with Gasteiger partial charge in [-0.15, -0.1) is 0 Å². The van der Waals surface area contributed by atoms with Gasteiger partial charge in [0.05, 0.1) is 25.9 Å². The molecule has 0 unspecified atom stereocenters. The minimum Gasteiger partial charge on any atom is -0.493 e. The second-order valence-corrected chi connectivity index (χ2v) is 5.39. The van der Waals surface area contributed by atoms with Crippen molar-refractivity contribution in [2.24, 2.45) is 0 Å². The summed E-state index contributed by atoms with van der Waals surface area (Å²) in [5, 5.41) is 3.01. The van der Waals surface area contributed by atoms with E-state index in [0.29, 0.717) is 25.4 Å². The molecule has 5 heteroatoms. The summed E-state index contributed by atoms with van der Waals surface area (Å²) in [6.45, 7) is 4.37. The Morgan fingerprint density at radius 2 is 2.33 bits per heavy atom. The molecule has 2 heterocycles. The highest BCUT2D eigenvalue weighted by atomic mass is 16.5. The third kappa shape index (κ3) is 3.19. The lowest BCUT2D eigenvalue weighted by molar-refractivity contribution is 0.0402. The Bertz CT molecular complexity index is 517. The van der Waals surface area contributed by atoms with Crippen LogP contribution in [0.3, 0.4) is 0 Å². The number of amides is 1. The van der Waals surface area contributed by atoms with E-state index in [1.807, 2.05) is 25.1 Å². The Kier molecular flexibility index (Phi) is 4.41. The van der Waals surface area contributed by atoms with E-state index in [1.54, 1.807) is 0 Å². The van der Waals surface area contributed by atoms with Gasteiger partial charge in [-0.25, -0.2) is 0 Å². The number of ether oxygens (including phenoxy) is 3. The van der Waals surface area contributed by atoms with Gasteiger partial charge in [-0.2, -0.15) is 0 Å². The number of hydrogen-bond donors (Lipinski definition) is 1. The number of carbonyl (C=O) groups is 1. The van der Waals surface area contributed by atoms with E-state index in [2.05, 4.69) is 5.32 Å². The molecule has 1 N–H and O–H groups in total. The van der Waals surface area contributed by atoms with Gasteiger partial charge in [0.15, 0.2) is 0 Å². The molecule has 1 amide bonds. The summed E-state index contributed by atoms with van der Waals surface area (Å²) in [4.78, 5) is 12.4. The zero-order valence-electron chi connectivity index (χ0n) is 12.3. The van der Waals surface area contributed by atoms with Gasteiger partial charge in [0, 0.05) is 12.2 Å². The molecule has 1 aromatic rings. The van der Waals surface area contributed by atoms with Crippen molar-refractivity contribution < 1.29 is 19.0 Å². The van der Waals surface area contributed by atoms with Gasteiger partial charge in [0.2, 0.25) is 0 Å². The highest BCUT2D eigenvalue weighted by Crippen LogP contribution is 2.25. The zero-order chi connectivity index (χ0) is 14.7. The summed E-state index contributed by atoms with van der Waals surface area (Å²) in [7, 11) is 0. The van der Waals surface area contributed by atoms with Gasteiger partial charge < -0.3 is 19.5 Å². The Hall–Kier alpha value is -1.59. The average Bonchev–Trinajstić information content (AvgIpc) is 2.94. The molecule has 3 rings (SSSR count). The SMILES string of the molecule is CCO[C@H]1COC[C@@H]1NC(=O)c1ccc2c(c1)CCCO2. The van der Waals surface area contributed by atoms with Crippen molar-refractivity contribution in [1.82, 2.24) is 5.32 Å². The summed E-state index contributed by atoms with van der Waals surface area (Å²) in [5.41, 5.74) is 1.78. The summed E-state index contributed by atoms with van der Waals surface area (Å²) >= 11 is 0. The molecule has 1 fully saturated rings. The largest absolute Gasteiger partial charge is 0.493 e. The third-order valence-corrected chi connectivity index (χ3v) is 3.90. The molecule has 0 aromatic heterocycles. The molecule has 0 saturated carbocycles. The second-order valence-electron chi connectivity index (χ2n) is 5.39. The Morgan fingerprint density at radius 3 is 3.19 bits per heavy atom. The fourth-order valence-corrected chi connectivity index (χ4v) is 2.80. The number of benzene rings is 1. The van der Waals surface area contributed by atoms with Gasteiger partial charge in [0.1, 0.15) is 11.9 Å². The first kappa shape index (κ1) is 14.4. The van der Waals surface area contributed by atoms with Crippen LogP contribution in [0.15, 0.2) is 18.2 Å². The number of nitrogens with one attached hydrogen (secondary N) is 1. The maximum atomic E-state index is 12.4. The maximum Gasteiger partial charge on any atom is 0.251 e. The van der Waals surface area contributed by atoms with Gasteiger partial charge in [-0.3, -0.25) is 4.79 Å². The van der Waals surface area contributed by atoms with Crippen molar-refractivity contribution in [2.45, 2.75) is 31.9 Å². The lowest BCUT2D eigenvalue weighted by atomic mass is 10.0. The monoisotopic (exact) mass is 291 g/mol. The van der Waals surface area contributed by atoms with Crippen molar-refractivity contribution in [3.63, 3.8) is 0 Å². The molecule has 1 saturated heterocycles. The van der Waals surface area contributed by atoms with Crippen LogP contribution in [0.5, 0.6) is 5.75 Å². The minimum absolute atomic E-state index is 0.0556. The predicted octanol–water partition coefficient (Wildman–Crippen LogP) is 1.55. The highest BCUT2D eigenvalue weighted by molar-refractivity contribution is 5.94. The smallest absolute Gasteiger partial charge is 0.251 e. The van der Waals surface area contributed by atoms with E-state index in [0.717, 1.165) is 30.8 Å². The van der Waals surface area contributed by atoms with Crippen LogP contribution in [0, 0.1) is 0 Å². The molecule has 114 valence electrons. The van der Waals surface area contributed by atoms with E-state index < -0.39 is 0 Å². The van der Waals surface area contributed by atoms with E-state index in [4.69, 9.17) is 14.2 Å². The molecule has 0 spiro atoms. The van der Waals surface area contributed by atoms with Crippen molar-refractivity contribution in [3.05, 3.63) is 29.3 Å². The van der Waals surface area contributed by atoms with E-state index in [-0.39, 0.29) is 18.1 Å². The molecule has 0 aliphatic carbocycles. The number of aryl methyl sites for hydroxylation is 1. The number of carbonyl (C=O) groups excluding carboxylic acids is 1. The minimum atomic E-state index is -0.0800.